The van der Waals surface area contributed by atoms with E-state index in [1.165, 1.54) is 4.52 Å². The molecule has 5 rings (SSSR count). The van der Waals surface area contributed by atoms with Gasteiger partial charge >= 0.3 is 0 Å². The van der Waals surface area contributed by atoms with Crippen LogP contribution in [0.1, 0.15) is 0 Å². The van der Waals surface area contributed by atoms with Gasteiger partial charge in [-0.05, 0) is 12.1 Å². The molecule has 0 aliphatic carbocycles. The lowest BCUT2D eigenvalue weighted by atomic mass is 10.2. The van der Waals surface area contributed by atoms with Crippen LogP contribution in [0.3, 0.4) is 0 Å². The Labute approximate surface area is 142 Å². The molecule has 0 radical (unpaired) electrons. The summed E-state index contributed by atoms with van der Waals surface area (Å²) >= 11 is 0. The number of nitrogens with two attached hydrogens (primary N) is 1. The molecule has 0 saturated heterocycles. The third-order valence-electron chi connectivity index (χ3n) is 4.06. The number of rotatable bonds is 2. The lowest BCUT2D eigenvalue weighted by molar-refractivity contribution is 0.627. The Kier molecular flexibility index (Phi) is 2.84. The number of anilines is 1. The molecule has 6 nitrogen and oxygen atoms in total. The van der Waals surface area contributed by atoms with Gasteiger partial charge in [-0.1, -0.05) is 48.5 Å². The normalized spacial score (nSPS) is 11.4. The van der Waals surface area contributed by atoms with Crippen molar-refractivity contribution >= 4 is 22.6 Å². The topological polar surface area (TPSA) is 82.2 Å². The molecular formula is C19H13N5O. The molecule has 0 aliphatic heterocycles. The van der Waals surface area contributed by atoms with Crippen molar-refractivity contribution in [3.8, 4) is 22.8 Å². The van der Waals surface area contributed by atoms with Gasteiger partial charge in [-0.25, -0.2) is 4.98 Å². The maximum absolute atomic E-state index is 6.08. The highest BCUT2D eigenvalue weighted by Crippen LogP contribution is 2.28. The molecule has 0 amide bonds. The number of para-hydroxylation sites is 1. The van der Waals surface area contributed by atoms with Crippen molar-refractivity contribution in [2.24, 2.45) is 0 Å². The van der Waals surface area contributed by atoms with Gasteiger partial charge in [0.15, 0.2) is 17.2 Å². The predicted octanol–water partition coefficient (Wildman–Crippen LogP) is 3.79. The second-order valence-corrected chi connectivity index (χ2v) is 5.72. The summed E-state index contributed by atoms with van der Waals surface area (Å²) < 4.78 is 7.40. The van der Waals surface area contributed by atoms with Crippen LogP contribution in [0.2, 0.25) is 0 Å². The van der Waals surface area contributed by atoms with Gasteiger partial charge in [-0.3, -0.25) is 0 Å². The summed E-state index contributed by atoms with van der Waals surface area (Å²) in [5.41, 5.74) is 9.10. The van der Waals surface area contributed by atoms with E-state index in [9.17, 15) is 0 Å². The van der Waals surface area contributed by atoms with E-state index in [-0.39, 0.29) is 5.95 Å². The first-order valence-electron chi connectivity index (χ1n) is 7.85. The molecule has 0 spiro atoms. The standard InChI is InChI=1S/C19H13N5O/c20-19-22-18(12-6-2-1-3-7-12)21-17-11-14(23-24(17)19)16-10-13-8-4-5-9-15(13)25-16/h1-11H,(H2,20,21,22). The van der Waals surface area contributed by atoms with Crippen molar-refractivity contribution in [1.82, 2.24) is 19.6 Å². The Balaban J connectivity index is 1.67. The lowest BCUT2D eigenvalue weighted by Crippen LogP contribution is -2.05. The van der Waals surface area contributed by atoms with Gasteiger partial charge in [0.25, 0.3) is 0 Å². The Morgan fingerprint density at radius 1 is 0.880 bits per heavy atom. The number of hydrogen-bond acceptors (Lipinski definition) is 5. The second kappa shape index (κ2) is 5.17. The molecule has 6 heteroatoms. The molecule has 3 aromatic heterocycles. The van der Waals surface area contributed by atoms with E-state index in [0.717, 1.165) is 16.5 Å². The van der Waals surface area contributed by atoms with Crippen LogP contribution in [0.4, 0.5) is 5.95 Å². The van der Waals surface area contributed by atoms with Gasteiger partial charge in [-0.15, -0.1) is 0 Å². The fraction of sp³-hybridized carbons (Fsp3) is 0. The molecule has 25 heavy (non-hydrogen) atoms. The van der Waals surface area contributed by atoms with E-state index in [1.807, 2.05) is 66.7 Å². The zero-order valence-corrected chi connectivity index (χ0v) is 13.1. The molecule has 0 atom stereocenters. The van der Waals surface area contributed by atoms with Crippen molar-refractivity contribution in [2.45, 2.75) is 0 Å². The summed E-state index contributed by atoms with van der Waals surface area (Å²) in [6.07, 6.45) is 0. The summed E-state index contributed by atoms with van der Waals surface area (Å²) in [6.45, 7) is 0. The lowest BCUT2D eigenvalue weighted by Gasteiger charge is -2.02. The Morgan fingerprint density at radius 3 is 2.52 bits per heavy atom. The van der Waals surface area contributed by atoms with Gasteiger partial charge in [0.2, 0.25) is 5.95 Å². The molecule has 120 valence electrons. The molecular weight excluding hydrogens is 314 g/mol. The summed E-state index contributed by atoms with van der Waals surface area (Å²) in [7, 11) is 0. The second-order valence-electron chi connectivity index (χ2n) is 5.72. The van der Waals surface area contributed by atoms with Crippen LogP contribution in [0, 0.1) is 0 Å². The summed E-state index contributed by atoms with van der Waals surface area (Å²) in [6, 6.07) is 21.4. The Morgan fingerprint density at radius 2 is 1.68 bits per heavy atom. The number of hydrogen-bond donors (Lipinski definition) is 1. The fourth-order valence-electron chi connectivity index (χ4n) is 2.85. The quantitative estimate of drug-likeness (QED) is 0.533. The smallest absolute Gasteiger partial charge is 0.225 e. The van der Waals surface area contributed by atoms with Crippen LogP contribution >= 0.6 is 0 Å². The molecule has 2 N–H and O–H groups in total. The van der Waals surface area contributed by atoms with Crippen molar-refractivity contribution in [3.63, 3.8) is 0 Å². The first-order chi connectivity index (χ1) is 12.3. The zero-order valence-electron chi connectivity index (χ0n) is 13.1. The van der Waals surface area contributed by atoms with Gasteiger partial charge in [0.05, 0.1) is 0 Å². The number of benzene rings is 2. The Bertz CT molecular complexity index is 1170. The average Bonchev–Trinajstić information content (AvgIpc) is 3.26. The minimum absolute atomic E-state index is 0.284. The van der Waals surface area contributed by atoms with Crippen molar-refractivity contribution < 1.29 is 4.42 Å². The molecule has 2 aromatic carbocycles. The van der Waals surface area contributed by atoms with Gasteiger partial charge in [0, 0.05) is 17.0 Å². The van der Waals surface area contributed by atoms with Gasteiger partial charge in [-0.2, -0.15) is 14.6 Å². The minimum Gasteiger partial charge on any atom is -0.454 e. The van der Waals surface area contributed by atoms with Gasteiger partial charge in [0.1, 0.15) is 11.3 Å². The highest BCUT2D eigenvalue weighted by atomic mass is 16.3. The fourth-order valence-corrected chi connectivity index (χ4v) is 2.85. The van der Waals surface area contributed by atoms with Crippen molar-refractivity contribution in [2.75, 3.05) is 5.73 Å². The number of aromatic nitrogens is 4. The number of nitrogens with zero attached hydrogens (tertiary/aromatic N) is 4. The van der Waals surface area contributed by atoms with Crippen LogP contribution in [0.15, 0.2) is 71.1 Å². The van der Waals surface area contributed by atoms with E-state index < -0.39 is 0 Å². The predicted molar refractivity (Wildman–Crippen MR) is 95.8 cm³/mol. The largest absolute Gasteiger partial charge is 0.454 e. The molecule has 0 fully saturated rings. The van der Waals surface area contributed by atoms with Crippen LogP contribution in [-0.4, -0.2) is 19.6 Å². The monoisotopic (exact) mass is 327 g/mol. The van der Waals surface area contributed by atoms with E-state index >= 15 is 0 Å². The van der Waals surface area contributed by atoms with Crippen LogP contribution in [0.25, 0.3) is 39.5 Å². The maximum atomic E-state index is 6.08. The summed E-state index contributed by atoms with van der Waals surface area (Å²) in [5.74, 6) is 1.53. The third kappa shape index (κ3) is 2.23. The molecule has 0 bridgehead atoms. The Hall–Kier alpha value is -3.67. The molecule has 0 aliphatic rings. The molecule has 3 heterocycles. The van der Waals surface area contributed by atoms with Crippen LogP contribution in [-0.2, 0) is 0 Å². The molecule has 0 saturated carbocycles. The summed E-state index contributed by atoms with van der Waals surface area (Å²) in [4.78, 5) is 8.93. The zero-order chi connectivity index (χ0) is 16.8. The van der Waals surface area contributed by atoms with Gasteiger partial charge < -0.3 is 10.2 Å². The van der Waals surface area contributed by atoms with Crippen LogP contribution in [0.5, 0.6) is 0 Å². The molecule has 0 unspecified atom stereocenters. The number of nitrogen functional groups attached to an aromatic ring is 1. The first-order valence-corrected chi connectivity index (χ1v) is 7.85. The third-order valence-corrected chi connectivity index (χ3v) is 4.06. The maximum Gasteiger partial charge on any atom is 0.225 e. The van der Waals surface area contributed by atoms with E-state index in [0.29, 0.717) is 22.9 Å². The van der Waals surface area contributed by atoms with E-state index in [1.54, 1.807) is 0 Å². The highest BCUT2D eigenvalue weighted by molar-refractivity contribution is 5.82. The van der Waals surface area contributed by atoms with E-state index in [4.69, 9.17) is 10.2 Å². The van der Waals surface area contributed by atoms with E-state index in [2.05, 4.69) is 15.1 Å². The van der Waals surface area contributed by atoms with Crippen molar-refractivity contribution in [1.29, 1.82) is 0 Å². The minimum atomic E-state index is 0.284. The number of furan rings is 1. The summed E-state index contributed by atoms with van der Waals surface area (Å²) in [5, 5.41) is 5.51. The highest BCUT2D eigenvalue weighted by Gasteiger charge is 2.14. The van der Waals surface area contributed by atoms with Crippen LogP contribution < -0.4 is 5.73 Å². The molecule has 5 aromatic rings. The first kappa shape index (κ1) is 13.7. The van der Waals surface area contributed by atoms with Crippen molar-refractivity contribution in [3.05, 3.63) is 66.7 Å². The average molecular weight is 327 g/mol. The number of fused-ring (bicyclic) bond motifs is 2. The SMILES string of the molecule is Nc1nc(-c2ccccc2)nc2cc(-c3cc4ccccc4o3)nn12.